The van der Waals surface area contributed by atoms with E-state index in [2.05, 4.69) is 5.32 Å². The summed E-state index contributed by atoms with van der Waals surface area (Å²) in [5.74, 6) is -1.08. The number of halogens is 2. The van der Waals surface area contributed by atoms with Gasteiger partial charge in [-0.15, -0.1) is 0 Å². The predicted octanol–water partition coefficient (Wildman–Crippen LogP) is 4.03. The number of nitrogens with one attached hydrogen (secondary N) is 1. The number of rotatable bonds is 4. The molecule has 0 aromatic heterocycles. The molecule has 0 aliphatic rings. The third-order valence-corrected chi connectivity index (χ3v) is 3.26. The first-order chi connectivity index (χ1) is 9.60. The van der Waals surface area contributed by atoms with Crippen molar-refractivity contribution in [3.8, 4) is 0 Å². The summed E-state index contributed by atoms with van der Waals surface area (Å²) in [6.45, 7) is 5.14. The standard InChI is InChI=1S/C14H17Cl2NO4/c1-14(2,3)21-13(20)17-10(7-11(18)19)8-5-4-6-9(15)12(8)16/h4-6,10H,7H2,1-3H3,(H,17,20)(H,18,19)/t10-/m1/s1. The number of carboxylic acid groups (broad SMARTS) is 1. The monoisotopic (exact) mass is 333 g/mol. The average Bonchev–Trinajstić information content (AvgIpc) is 2.28. The number of ether oxygens (including phenoxy) is 1. The normalized spacial score (nSPS) is 12.6. The SMILES string of the molecule is CC(C)(C)OC(=O)N[C@H](CC(=O)O)c1cccc(Cl)c1Cl. The lowest BCUT2D eigenvalue weighted by Gasteiger charge is -2.23. The summed E-state index contributed by atoms with van der Waals surface area (Å²) in [5.41, 5.74) is -0.256. The number of benzene rings is 1. The molecule has 1 rings (SSSR count). The van der Waals surface area contributed by atoms with Gasteiger partial charge >= 0.3 is 12.1 Å². The van der Waals surface area contributed by atoms with Gasteiger partial charge in [-0.2, -0.15) is 0 Å². The molecule has 5 nitrogen and oxygen atoms in total. The van der Waals surface area contributed by atoms with Crippen LogP contribution in [0.4, 0.5) is 4.79 Å². The molecule has 21 heavy (non-hydrogen) atoms. The van der Waals surface area contributed by atoms with Crippen molar-refractivity contribution in [3.05, 3.63) is 33.8 Å². The fourth-order valence-electron chi connectivity index (χ4n) is 1.65. The quantitative estimate of drug-likeness (QED) is 0.871. The molecule has 1 aromatic rings. The zero-order chi connectivity index (χ0) is 16.2. The second kappa shape index (κ2) is 7.00. The minimum Gasteiger partial charge on any atom is -0.481 e. The van der Waals surface area contributed by atoms with E-state index in [1.54, 1.807) is 39.0 Å². The average molecular weight is 334 g/mol. The van der Waals surface area contributed by atoms with Crippen LogP contribution in [0.25, 0.3) is 0 Å². The van der Waals surface area contributed by atoms with Crippen LogP contribution in [0.15, 0.2) is 18.2 Å². The van der Waals surface area contributed by atoms with E-state index in [9.17, 15) is 9.59 Å². The van der Waals surface area contributed by atoms with E-state index in [0.29, 0.717) is 5.56 Å². The molecular weight excluding hydrogens is 317 g/mol. The lowest BCUT2D eigenvalue weighted by molar-refractivity contribution is -0.137. The Bertz CT molecular complexity index is 540. The van der Waals surface area contributed by atoms with E-state index in [4.69, 9.17) is 33.0 Å². The van der Waals surface area contributed by atoms with Crippen LogP contribution in [-0.4, -0.2) is 22.8 Å². The number of alkyl carbamates (subject to hydrolysis) is 1. The molecular formula is C14H17Cl2NO4. The van der Waals surface area contributed by atoms with Gasteiger partial charge in [-0.25, -0.2) is 4.79 Å². The van der Waals surface area contributed by atoms with Crippen molar-refractivity contribution in [2.24, 2.45) is 0 Å². The number of aliphatic carboxylic acids is 1. The van der Waals surface area contributed by atoms with Crippen LogP contribution >= 0.6 is 23.2 Å². The van der Waals surface area contributed by atoms with Crippen molar-refractivity contribution in [3.63, 3.8) is 0 Å². The summed E-state index contributed by atoms with van der Waals surface area (Å²) in [5, 5.41) is 12.0. The van der Waals surface area contributed by atoms with Gasteiger partial charge in [-0.1, -0.05) is 35.3 Å². The highest BCUT2D eigenvalue weighted by Crippen LogP contribution is 2.31. The van der Waals surface area contributed by atoms with E-state index in [-0.39, 0.29) is 16.5 Å². The molecule has 0 bridgehead atoms. The highest BCUT2D eigenvalue weighted by Gasteiger charge is 2.24. The molecule has 0 aliphatic carbocycles. The fraction of sp³-hybridized carbons (Fsp3) is 0.429. The minimum atomic E-state index is -1.08. The van der Waals surface area contributed by atoms with Crippen molar-refractivity contribution < 1.29 is 19.4 Å². The fourth-order valence-corrected chi connectivity index (χ4v) is 2.09. The van der Waals surface area contributed by atoms with Crippen molar-refractivity contribution in [1.29, 1.82) is 0 Å². The molecule has 1 aromatic carbocycles. The van der Waals surface area contributed by atoms with Gasteiger partial charge in [-0.3, -0.25) is 4.79 Å². The van der Waals surface area contributed by atoms with Crippen molar-refractivity contribution in [2.75, 3.05) is 0 Å². The molecule has 0 saturated heterocycles. The van der Waals surface area contributed by atoms with Gasteiger partial charge < -0.3 is 15.2 Å². The Morgan fingerprint density at radius 1 is 1.33 bits per heavy atom. The zero-order valence-corrected chi connectivity index (χ0v) is 13.5. The number of carboxylic acids is 1. The lowest BCUT2D eigenvalue weighted by atomic mass is 10.0. The number of carbonyl (C=O) groups is 2. The molecule has 0 radical (unpaired) electrons. The molecule has 116 valence electrons. The van der Waals surface area contributed by atoms with Crippen LogP contribution in [0.3, 0.4) is 0 Å². The third-order valence-electron chi connectivity index (χ3n) is 2.43. The highest BCUT2D eigenvalue weighted by atomic mass is 35.5. The molecule has 0 saturated carbocycles. The van der Waals surface area contributed by atoms with Crippen LogP contribution in [0.5, 0.6) is 0 Å². The van der Waals surface area contributed by atoms with E-state index >= 15 is 0 Å². The second-order valence-electron chi connectivity index (χ2n) is 5.44. The summed E-state index contributed by atoms with van der Waals surface area (Å²) in [6, 6.07) is 4.00. The predicted molar refractivity (Wildman–Crippen MR) is 80.8 cm³/mol. The largest absolute Gasteiger partial charge is 0.481 e. The Hall–Kier alpha value is -1.46. The van der Waals surface area contributed by atoms with E-state index in [1.165, 1.54) is 0 Å². The Labute approximate surface area is 133 Å². The number of amides is 1. The van der Waals surface area contributed by atoms with Gasteiger partial charge in [0.2, 0.25) is 0 Å². The van der Waals surface area contributed by atoms with Crippen LogP contribution in [0, 0.1) is 0 Å². The van der Waals surface area contributed by atoms with Gasteiger partial charge in [0.15, 0.2) is 0 Å². The molecule has 2 N–H and O–H groups in total. The third kappa shape index (κ3) is 5.81. The molecule has 0 fully saturated rings. The van der Waals surface area contributed by atoms with E-state index < -0.39 is 23.7 Å². The Kier molecular flexibility index (Phi) is 5.87. The maximum atomic E-state index is 11.8. The summed E-state index contributed by atoms with van der Waals surface area (Å²) in [6.07, 6.45) is -1.05. The first-order valence-electron chi connectivity index (χ1n) is 6.25. The van der Waals surface area contributed by atoms with E-state index in [1.807, 2.05) is 0 Å². The van der Waals surface area contributed by atoms with Crippen LogP contribution in [-0.2, 0) is 9.53 Å². The maximum Gasteiger partial charge on any atom is 0.408 e. The second-order valence-corrected chi connectivity index (χ2v) is 6.22. The maximum absolute atomic E-state index is 11.8. The number of hydrogen-bond donors (Lipinski definition) is 2. The van der Waals surface area contributed by atoms with Gasteiger partial charge in [-0.05, 0) is 32.4 Å². The topological polar surface area (TPSA) is 75.6 Å². The number of carbonyl (C=O) groups excluding carboxylic acids is 1. The summed E-state index contributed by atoms with van der Waals surface area (Å²) >= 11 is 12.0. The molecule has 1 amide bonds. The smallest absolute Gasteiger partial charge is 0.408 e. The van der Waals surface area contributed by atoms with Gasteiger partial charge in [0, 0.05) is 0 Å². The van der Waals surface area contributed by atoms with Crippen molar-refractivity contribution >= 4 is 35.3 Å². The van der Waals surface area contributed by atoms with E-state index in [0.717, 1.165) is 0 Å². The number of hydrogen-bond acceptors (Lipinski definition) is 3. The highest BCUT2D eigenvalue weighted by molar-refractivity contribution is 6.42. The Morgan fingerprint density at radius 2 is 1.95 bits per heavy atom. The molecule has 0 unspecified atom stereocenters. The van der Waals surface area contributed by atoms with Gasteiger partial charge in [0.05, 0.1) is 22.5 Å². The molecule has 0 spiro atoms. The summed E-state index contributed by atoms with van der Waals surface area (Å²) in [7, 11) is 0. The van der Waals surface area contributed by atoms with Crippen LogP contribution in [0.2, 0.25) is 10.0 Å². The molecule has 0 aliphatic heterocycles. The Morgan fingerprint density at radius 3 is 2.48 bits per heavy atom. The molecule has 0 heterocycles. The van der Waals surface area contributed by atoms with Gasteiger partial charge in [0.25, 0.3) is 0 Å². The minimum absolute atomic E-state index is 0.210. The van der Waals surface area contributed by atoms with Crippen molar-refractivity contribution in [2.45, 2.75) is 38.8 Å². The first-order valence-corrected chi connectivity index (χ1v) is 7.01. The van der Waals surface area contributed by atoms with Crippen molar-refractivity contribution in [1.82, 2.24) is 5.32 Å². The molecule has 1 atom stereocenters. The zero-order valence-electron chi connectivity index (χ0n) is 11.9. The molecule has 7 heteroatoms. The first kappa shape index (κ1) is 17.6. The summed E-state index contributed by atoms with van der Waals surface area (Å²) < 4.78 is 5.12. The lowest BCUT2D eigenvalue weighted by Crippen LogP contribution is -2.35. The van der Waals surface area contributed by atoms with Crippen LogP contribution < -0.4 is 5.32 Å². The Balaban J connectivity index is 2.98. The van der Waals surface area contributed by atoms with Crippen LogP contribution in [0.1, 0.15) is 38.8 Å². The van der Waals surface area contributed by atoms with Gasteiger partial charge in [0.1, 0.15) is 5.60 Å². The summed E-state index contributed by atoms with van der Waals surface area (Å²) in [4.78, 5) is 22.8.